The highest BCUT2D eigenvalue weighted by atomic mass is 32.1. The van der Waals surface area contributed by atoms with Crippen LogP contribution in [0.1, 0.15) is 29.9 Å². The van der Waals surface area contributed by atoms with Crippen LogP contribution in [-0.2, 0) is 6.54 Å². The van der Waals surface area contributed by atoms with Gasteiger partial charge in [0.25, 0.3) is 0 Å². The molecule has 0 radical (unpaired) electrons. The molecule has 5 heteroatoms. The molecule has 0 aliphatic heterocycles. The maximum Gasteiger partial charge on any atom is 0.126 e. The molecular formula is C16H19F2NOS. The van der Waals surface area contributed by atoms with Crippen molar-refractivity contribution in [3.05, 3.63) is 57.8 Å². The van der Waals surface area contributed by atoms with Crippen LogP contribution in [0.4, 0.5) is 8.78 Å². The summed E-state index contributed by atoms with van der Waals surface area (Å²) in [4.78, 5) is 3.47. The van der Waals surface area contributed by atoms with Crippen molar-refractivity contribution < 1.29 is 13.9 Å². The third-order valence-electron chi connectivity index (χ3n) is 3.40. The van der Waals surface area contributed by atoms with Crippen molar-refractivity contribution in [1.29, 1.82) is 0 Å². The Kier molecular flexibility index (Phi) is 5.85. The number of halogens is 2. The molecule has 1 atom stereocenters. The Labute approximate surface area is 127 Å². The molecular weight excluding hydrogens is 292 g/mol. The van der Waals surface area contributed by atoms with Crippen molar-refractivity contribution in [2.45, 2.75) is 26.0 Å². The summed E-state index contributed by atoms with van der Waals surface area (Å²) >= 11 is 1.70. The van der Waals surface area contributed by atoms with Crippen LogP contribution in [0.15, 0.2) is 35.7 Å². The number of hydrogen-bond acceptors (Lipinski definition) is 3. The SMILES string of the molecule is CCN(CCC(O)c1cc(F)cc(F)c1)Cc1cccs1. The molecule has 0 saturated heterocycles. The summed E-state index contributed by atoms with van der Waals surface area (Å²) < 4.78 is 26.3. The number of rotatable bonds is 7. The van der Waals surface area contributed by atoms with Crippen molar-refractivity contribution in [3.8, 4) is 0 Å². The van der Waals surface area contributed by atoms with E-state index in [-0.39, 0.29) is 0 Å². The van der Waals surface area contributed by atoms with Gasteiger partial charge in [-0.05, 0) is 42.1 Å². The Morgan fingerprint density at radius 2 is 1.95 bits per heavy atom. The third kappa shape index (κ3) is 4.88. The summed E-state index contributed by atoms with van der Waals surface area (Å²) in [6, 6.07) is 7.27. The van der Waals surface area contributed by atoms with Crippen molar-refractivity contribution in [2.75, 3.05) is 13.1 Å². The van der Waals surface area contributed by atoms with Crippen LogP contribution in [0.25, 0.3) is 0 Å². The van der Waals surface area contributed by atoms with Crippen molar-refractivity contribution >= 4 is 11.3 Å². The topological polar surface area (TPSA) is 23.5 Å². The second-order valence-corrected chi connectivity index (χ2v) is 5.99. The fourth-order valence-electron chi connectivity index (χ4n) is 2.21. The van der Waals surface area contributed by atoms with E-state index in [0.717, 1.165) is 19.2 Å². The first-order valence-electron chi connectivity index (χ1n) is 6.97. The van der Waals surface area contributed by atoms with Gasteiger partial charge in [-0.1, -0.05) is 13.0 Å². The monoisotopic (exact) mass is 311 g/mol. The minimum Gasteiger partial charge on any atom is -0.388 e. The van der Waals surface area contributed by atoms with Crippen LogP contribution in [0, 0.1) is 11.6 Å². The van der Waals surface area contributed by atoms with Crippen molar-refractivity contribution in [2.24, 2.45) is 0 Å². The van der Waals surface area contributed by atoms with Crippen molar-refractivity contribution in [3.63, 3.8) is 0 Å². The van der Waals surface area contributed by atoms with Crippen LogP contribution in [0.5, 0.6) is 0 Å². The molecule has 21 heavy (non-hydrogen) atoms. The number of hydrogen-bond donors (Lipinski definition) is 1. The first-order valence-corrected chi connectivity index (χ1v) is 7.85. The molecule has 1 N–H and O–H groups in total. The number of aliphatic hydroxyl groups is 1. The molecule has 0 amide bonds. The van der Waals surface area contributed by atoms with E-state index in [1.807, 2.05) is 11.4 Å². The van der Waals surface area contributed by atoms with E-state index in [2.05, 4.69) is 17.9 Å². The summed E-state index contributed by atoms with van der Waals surface area (Å²) in [6.07, 6.45) is -0.408. The van der Waals surface area contributed by atoms with Gasteiger partial charge in [0.1, 0.15) is 11.6 Å². The van der Waals surface area contributed by atoms with Gasteiger partial charge < -0.3 is 5.11 Å². The molecule has 2 nitrogen and oxygen atoms in total. The molecule has 114 valence electrons. The lowest BCUT2D eigenvalue weighted by Gasteiger charge is -2.21. The molecule has 1 heterocycles. The summed E-state index contributed by atoms with van der Waals surface area (Å²) in [5, 5.41) is 12.1. The molecule has 0 fully saturated rings. The lowest BCUT2D eigenvalue weighted by Crippen LogP contribution is -2.25. The van der Waals surface area contributed by atoms with Crippen LogP contribution in [-0.4, -0.2) is 23.1 Å². The number of aliphatic hydroxyl groups excluding tert-OH is 1. The molecule has 0 bridgehead atoms. The summed E-state index contributed by atoms with van der Waals surface area (Å²) in [5.41, 5.74) is 0.291. The van der Waals surface area contributed by atoms with Gasteiger partial charge in [-0.3, -0.25) is 4.90 Å². The smallest absolute Gasteiger partial charge is 0.126 e. The average Bonchev–Trinajstić information content (AvgIpc) is 2.94. The quantitative estimate of drug-likeness (QED) is 0.836. The molecule has 0 aliphatic rings. The first kappa shape index (κ1) is 16.1. The molecule has 2 aromatic rings. The third-order valence-corrected chi connectivity index (χ3v) is 4.26. The van der Waals surface area contributed by atoms with Crippen LogP contribution < -0.4 is 0 Å². The lowest BCUT2D eigenvalue weighted by molar-refractivity contribution is 0.141. The zero-order valence-electron chi connectivity index (χ0n) is 11.9. The predicted octanol–water partition coefficient (Wildman–Crippen LogP) is 3.97. The molecule has 0 spiro atoms. The normalized spacial score (nSPS) is 12.8. The van der Waals surface area contributed by atoms with Gasteiger partial charge in [0.05, 0.1) is 6.10 Å². The highest BCUT2D eigenvalue weighted by Crippen LogP contribution is 2.20. The van der Waals surface area contributed by atoms with Gasteiger partial charge in [-0.25, -0.2) is 8.78 Å². The molecule has 2 rings (SSSR count). The van der Waals surface area contributed by atoms with Gasteiger partial charge in [-0.2, -0.15) is 0 Å². The van der Waals surface area contributed by atoms with Gasteiger partial charge in [0.15, 0.2) is 0 Å². The highest BCUT2D eigenvalue weighted by Gasteiger charge is 2.13. The maximum atomic E-state index is 13.1. The molecule has 1 unspecified atom stereocenters. The minimum absolute atomic E-state index is 0.291. The standard InChI is InChI=1S/C16H19F2NOS/c1-2-19(11-15-4-3-7-21-15)6-5-16(20)12-8-13(17)10-14(18)9-12/h3-4,7-10,16,20H,2,5-6,11H2,1H3. The molecule has 1 aromatic heterocycles. The predicted molar refractivity (Wildman–Crippen MR) is 81.2 cm³/mol. The maximum absolute atomic E-state index is 13.1. The van der Waals surface area contributed by atoms with Gasteiger partial charge in [-0.15, -0.1) is 11.3 Å². The average molecular weight is 311 g/mol. The summed E-state index contributed by atoms with van der Waals surface area (Å²) in [7, 11) is 0. The van der Waals surface area contributed by atoms with E-state index in [0.29, 0.717) is 18.5 Å². The fourth-order valence-corrected chi connectivity index (χ4v) is 2.96. The van der Waals surface area contributed by atoms with E-state index < -0.39 is 17.7 Å². The van der Waals surface area contributed by atoms with Crippen LogP contribution in [0.2, 0.25) is 0 Å². The highest BCUT2D eigenvalue weighted by molar-refractivity contribution is 7.09. The molecule has 0 saturated carbocycles. The van der Waals surface area contributed by atoms with E-state index >= 15 is 0 Å². The van der Waals surface area contributed by atoms with E-state index in [9.17, 15) is 13.9 Å². The van der Waals surface area contributed by atoms with E-state index in [4.69, 9.17) is 0 Å². The Morgan fingerprint density at radius 3 is 2.52 bits per heavy atom. The van der Waals surface area contributed by atoms with Gasteiger partial charge in [0.2, 0.25) is 0 Å². The van der Waals surface area contributed by atoms with Gasteiger partial charge in [0, 0.05) is 24.0 Å². The molecule has 0 aliphatic carbocycles. The summed E-state index contributed by atoms with van der Waals surface area (Å²) in [5.74, 6) is -1.31. The minimum atomic E-state index is -0.854. The zero-order chi connectivity index (χ0) is 15.2. The molecule has 1 aromatic carbocycles. The van der Waals surface area contributed by atoms with E-state index in [1.54, 1.807) is 11.3 Å². The lowest BCUT2D eigenvalue weighted by atomic mass is 10.1. The second-order valence-electron chi connectivity index (χ2n) is 4.96. The number of thiophene rings is 1. The van der Waals surface area contributed by atoms with Crippen LogP contribution in [0.3, 0.4) is 0 Å². The fraction of sp³-hybridized carbons (Fsp3) is 0.375. The van der Waals surface area contributed by atoms with Crippen LogP contribution >= 0.6 is 11.3 Å². The number of nitrogens with zero attached hydrogens (tertiary/aromatic N) is 1. The Hall–Kier alpha value is -1.30. The Morgan fingerprint density at radius 1 is 1.24 bits per heavy atom. The number of benzene rings is 1. The first-order chi connectivity index (χ1) is 10.1. The van der Waals surface area contributed by atoms with Crippen molar-refractivity contribution in [1.82, 2.24) is 4.90 Å². The largest absolute Gasteiger partial charge is 0.388 e. The Bertz CT molecular complexity index is 539. The Balaban J connectivity index is 1.91. The van der Waals surface area contributed by atoms with E-state index in [1.165, 1.54) is 17.0 Å². The zero-order valence-corrected chi connectivity index (χ0v) is 12.7. The summed E-state index contributed by atoms with van der Waals surface area (Å²) in [6.45, 7) is 4.43. The second kappa shape index (κ2) is 7.64. The van der Waals surface area contributed by atoms with Gasteiger partial charge >= 0.3 is 0 Å².